The summed E-state index contributed by atoms with van der Waals surface area (Å²) in [6, 6.07) is 9.70. The maximum Gasteiger partial charge on any atom is 0.263 e. The zero-order chi connectivity index (χ0) is 15.5. The Morgan fingerprint density at radius 3 is 2.67 bits per heavy atom. The standard InChI is InChI=1S/C15H18BrN3O2/c1-4-17-14(20)15(2,3)21-13-12(16)10-19(18-13)11-8-6-5-7-9-11/h5-10H,4H2,1-3H3,(H,17,20). The summed E-state index contributed by atoms with van der Waals surface area (Å²) in [7, 11) is 0. The van der Waals surface area contributed by atoms with Crippen molar-refractivity contribution < 1.29 is 9.53 Å². The van der Waals surface area contributed by atoms with Gasteiger partial charge in [-0.2, -0.15) is 0 Å². The van der Waals surface area contributed by atoms with Gasteiger partial charge in [-0.1, -0.05) is 18.2 Å². The minimum Gasteiger partial charge on any atom is -0.460 e. The molecular formula is C15H18BrN3O2. The molecule has 2 aromatic rings. The fourth-order valence-corrected chi connectivity index (χ4v) is 2.13. The van der Waals surface area contributed by atoms with Crippen molar-refractivity contribution in [1.29, 1.82) is 0 Å². The molecule has 112 valence electrons. The molecule has 0 aliphatic heterocycles. The molecule has 1 heterocycles. The topological polar surface area (TPSA) is 56.1 Å². The number of para-hydroxylation sites is 1. The third-order valence-electron chi connectivity index (χ3n) is 2.90. The van der Waals surface area contributed by atoms with Crippen LogP contribution < -0.4 is 10.1 Å². The van der Waals surface area contributed by atoms with Crippen LogP contribution in [0.15, 0.2) is 41.0 Å². The third kappa shape index (κ3) is 3.64. The molecular weight excluding hydrogens is 334 g/mol. The van der Waals surface area contributed by atoms with Gasteiger partial charge in [-0.15, -0.1) is 5.10 Å². The fourth-order valence-electron chi connectivity index (χ4n) is 1.78. The summed E-state index contributed by atoms with van der Waals surface area (Å²) < 4.78 is 8.16. The highest BCUT2D eigenvalue weighted by atomic mass is 79.9. The normalized spacial score (nSPS) is 11.2. The molecule has 0 bridgehead atoms. The van der Waals surface area contributed by atoms with Crippen LogP contribution in [0.25, 0.3) is 5.69 Å². The summed E-state index contributed by atoms with van der Waals surface area (Å²) >= 11 is 3.42. The van der Waals surface area contributed by atoms with E-state index in [9.17, 15) is 4.79 Å². The van der Waals surface area contributed by atoms with Gasteiger partial charge in [0.1, 0.15) is 0 Å². The molecule has 1 amide bonds. The van der Waals surface area contributed by atoms with Crippen molar-refractivity contribution in [2.24, 2.45) is 0 Å². The Balaban J connectivity index is 2.22. The maximum atomic E-state index is 12.0. The van der Waals surface area contributed by atoms with Crippen LogP contribution in [0.2, 0.25) is 0 Å². The Morgan fingerprint density at radius 2 is 2.05 bits per heavy atom. The number of hydrogen-bond acceptors (Lipinski definition) is 3. The number of aromatic nitrogens is 2. The van der Waals surface area contributed by atoms with Crippen molar-refractivity contribution in [1.82, 2.24) is 15.1 Å². The molecule has 0 saturated heterocycles. The first-order valence-electron chi connectivity index (χ1n) is 6.72. The SMILES string of the molecule is CCNC(=O)C(C)(C)Oc1nn(-c2ccccc2)cc1Br. The van der Waals surface area contributed by atoms with Gasteiger partial charge in [0.2, 0.25) is 5.88 Å². The number of carbonyl (C=O) groups excluding carboxylic acids is 1. The summed E-state index contributed by atoms with van der Waals surface area (Å²) in [5.74, 6) is 0.210. The van der Waals surface area contributed by atoms with E-state index < -0.39 is 5.60 Å². The van der Waals surface area contributed by atoms with Crippen molar-refractivity contribution in [2.45, 2.75) is 26.4 Å². The molecule has 0 radical (unpaired) electrons. The minimum atomic E-state index is -0.992. The van der Waals surface area contributed by atoms with Crippen LogP contribution in [0.3, 0.4) is 0 Å². The van der Waals surface area contributed by atoms with E-state index >= 15 is 0 Å². The smallest absolute Gasteiger partial charge is 0.263 e. The number of hydrogen-bond donors (Lipinski definition) is 1. The molecule has 0 aliphatic carbocycles. The van der Waals surface area contributed by atoms with Gasteiger partial charge >= 0.3 is 0 Å². The highest BCUT2D eigenvalue weighted by Gasteiger charge is 2.31. The number of rotatable bonds is 5. The number of benzene rings is 1. The predicted octanol–water partition coefficient (Wildman–Crippen LogP) is 2.93. The third-order valence-corrected chi connectivity index (χ3v) is 3.44. The predicted molar refractivity (Wildman–Crippen MR) is 84.7 cm³/mol. The second-order valence-corrected chi connectivity index (χ2v) is 5.89. The van der Waals surface area contributed by atoms with E-state index in [0.717, 1.165) is 5.69 Å². The van der Waals surface area contributed by atoms with E-state index in [0.29, 0.717) is 16.9 Å². The van der Waals surface area contributed by atoms with Crippen LogP contribution >= 0.6 is 15.9 Å². The van der Waals surface area contributed by atoms with Crippen molar-refractivity contribution in [3.8, 4) is 11.6 Å². The second-order valence-electron chi connectivity index (χ2n) is 5.03. The van der Waals surface area contributed by atoms with Crippen LogP contribution in [-0.4, -0.2) is 27.8 Å². The molecule has 2 rings (SSSR count). The molecule has 0 fully saturated rings. The van der Waals surface area contributed by atoms with E-state index in [4.69, 9.17) is 4.74 Å². The zero-order valence-corrected chi connectivity index (χ0v) is 13.8. The number of carbonyl (C=O) groups is 1. The Hall–Kier alpha value is -1.82. The molecule has 6 heteroatoms. The van der Waals surface area contributed by atoms with E-state index in [1.807, 2.05) is 37.3 Å². The highest BCUT2D eigenvalue weighted by Crippen LogP contribution is 2.28. The van der Waals surface area contributed by atoms with Gasteiger partial charge in [-0.05, 0) is 48.8 Å². The average Bonchev–Trinajstić information content (AvgIpc) is 2.81. The number of halogens is 1. The molecule has 0 aliphatic rings. The molecule has 0 unspecified atom stereocenters. The number of nitrogens with zero attached hydrogens (tertiary/aromatic N) is 2. The van der Waals surface area contributed by atoms with Gasteiger partial charge in [0.05, 0.1) is 10.2 Å². The second kappa shape index (κ2) is 6.30. The summed E-state index contributed by atoms with van der Waals surface area (Å²) in [5.41, 5.74) is -0.0714. The van der Waals surface area contributed by atoms with Gasteiger partial charge in [0.25, 0.3) is 5.91 Å². The van der Waals surface area contributed by atoms with E-state index in [1.165, 1.54) is 0 Å². The first-order chi connectivity index (χ1) is 9.94. The first kappa shape index (κ1) is 15.6. The maximum absolute atomic E-state index is 12.0. The van der Waals surface area contributed by atoms with Crippen molar-refractivity contribution in [3.63, 3.8) is 0 Å². The summed E-state index contributed by atoms with van der Waals surface area (Å²) in [5, 5.41) is 7.13. The lowest BCUT2D eigenvalue weighted by molar-refractivity contribution is -0.134. The summed E-state index contributed by atoms with van der Waals surface area (Å²) in [6.07, 6.45) is 1.80. The lowest BCUT2D eigenvalue weighted by atomic mass is 10.1. The number of amides is 1. The van der Waals surface area contributed by atoms with E-state index in [-0.39, 0.29) is 5.91 Å². The number of ether oxygens (including phenoxy) is 1. The Morgan fingerprint density at radius 1 is 1.38 bits per heavy atom. The van der Waals surface area contributed by atoms with Gasteiger partial charge in [-0.3, -0.25) is 4.79 Å². The van der Waals surface area contributed by atoms with E-state index in [2.05, 4.69) is 26.3 Å². The Labute approximate surface area is 132 Å². The van der Waals surface area contributed by atoms with Crippen LogP contribution in [0.1, 0.15) is 20.8 Å². The largest absolute Gasteiger partial charge is 0.460 e. The van der Waals surface area contributed by atoms with Gasteiger partial charge in [0, 0.05) is 12.7 Å². The van der Waals surface area contributed by atoms with E-state index in [1.54, 1.807) is 24.7 Å². The Bertz CT molecular complexity index is 623. The number of nitrogens with one attached hydrogen (secondary N) is 1. The molecule has 1 aromatic heterocycles. The summed E-state index contributed by atoms with van der Waals surface area (Å²) in [6.45, 7) is 5.86. The summed E-state index contributed by atoms with van der Waals surface area (Å²) in [4.78, 5) is 12.0. The highest BCUT2D eigenvalue weighted by molar-refractivity contribution is 9.10. The zero-order valence-electron chi connectivity index (χ0n) is 12.3. The number of likely N-dealkylation sites (N-methyl/N-ethyl adjacent to an activating group) is 1. The monoisotopic (exact) mass is 351 g/mol. The average molecular weight is 352 g/mol. The van der Waals surface area contributed by atoms with Crippen LogP contribution in [0.4, 0.5) is 0 Å². The van der Waals surface area contributed by atoms with Crippen molar-refractivity contribution in [3.05, 3.63) is 41.0 Å². The van der Waals surface area contributed by atoms with Crippen molar-refractivity contribution >= 4 is 21.8 Å². The first-order valence-corrected chi connectivity index (χ1v) is 7.51. The minimum absolute atomic E-state index is 0.175. The Kier molecular flexibility index (Phi) is 4.67. The van der Waals surface area contributed by atoms with Gasteiger partial charge in [0.15, 0.2) is 5.60 Å². The molecule has 1 aromatic carbocycles. The molecule has 5 nitrogen and oxygen atoms in total. The van der Waals surface area contributed by atoms with Crippen LogP contribution in [0.5, 0.6) is 5.88 Å². The van der Waals surface area contributed by atoms with Crippen LogP contribution in [0, 0.1) is 0 Å². The fraction of sp³-hybridized carbons (Fsp3) is 0.333. The quantitative estimate of drug-likeness (QED) is 0.900. The molecule has 0 saturated carbocycles. The molecule has 21 heavy (non-hydrogen) atoms. The molecule has 0 atom stereocenters. The van der Waals surface area contributed by atoms with Crippen LogP contribution in [-0.2, 0) is 4.79 Å². The van der Waals surface area contributed by atoms with Gasteiger partial charge in [-0.25, -0.2) is 4.68 Å². The van der Waals surface area contributed by atoms with Crippen molar-refractivity contribution in [2.75, 3.05) is 6.54 Å². The lowest BCUT2D eigenvalue weighted by Gasteiger charge is -2.23. The molecule has 1 N–H and O–H groups in total. The van der Waals surface area contributed by atoms with Gasteiger partial charge < -0.3 is 10.1 Å². The lowest BCUT2D eigenvalue weighted by Crippen LogP contribution is -2.46. The molecule has 0 spiro atoms.